The number of primary sulfonamides is 1. The van der Waals surface area contributed by atoms with E-state index in [2.05, 4.69) is 10.3 Å². The SMILES string of the molecule is Cc1ccc2nc(C)cc(C(=O)Nc3ccc(CS(N)(=O)=O)cc3)c2c1. The average Bonchev–Trinajstić information content (AvgIpc) is 2.55. The van der Waals surface area contributed by atoms with Crippen molar-refractivity contribution in [3.05, 3.63) is 70.9 Å². The first-order chi connectivity index (χ1) is 12.2. The summed E-state index contributed by atoms with van der Waals surface area (Å²) in [5.74, 6) is -0.486. The van der Waals surface area contributed by atoms with E-state index in [0.29, 0.717) is 16.8 Å². The van der Waals surface area contributed by atoms with E-state index in [0.717, 1.165) is 22.2 Å². The highest BCUT2D eigenvalue weighted by molar-refractivity contribution is 7.88. The van der Waals surface area contributed by atoms with E-state index in [1.807, 2.05) is 32.0 Å². The summed E-state index contributed by atoms with van der Waals surface area (Å²) in [6.07, 6.45) is 0. The summed E-state index contributed by atoms with van der Waals surface area (Å²) < 4.78 is 22.3. The van der Waals surface area contributed by atoms with Gasteiger partial charge in [-0.3, -0.25) is 9.78 Å². The molecule has 0 radical (unpaired) electrons. The zero-order valence-electron chi connectivity index (χ0n) is 14.5. The van der Waals surface area contributed by atoms with Crippen molar-refractivity contribution in [2.45, 2.75) is 19.6 Å². The van der Waals surface area contributed by atoms with Crippen LogP contribution in [0.25, 0.3) is 10.9 Å². The maximum absolute atomic E-state index is 12.8. The van der Waals surface area contributed by atoms with Crippen molar-refractivity contribution in [1.82, 2.24) is 4.98 Å². The zero-order chi connectivity index (χ0) is 18.9. The monoisotopic (exact) mass is 369 g/mol. The molecule has 0 aliphatic carbocycles. The Balaban J connectivity index is 1.89. The summed E-state index contributed by atoms with van der Waals surface area (Å²) in [6, 6.07) is 14.1. The number of benzene rings is 2. The van der Waals surface area contributed by atoms with Crippen molar-refractivity contribution >= 4 is 32.5 Å². The van der Waals surface area contributed by atoms with Crippen LogP contribution >= 0.6 is 0 Å². The molecule has 7 heteroatoms. The summed E-state index contributed by atoms with van der Waals surface area (Å²) in [6.45, 7) is 3.81. The van der Waals surface area contributed by atoms with Crippen molar-refractivity contribution in [2.75, 3.05) is 5.32 Å². The molecule has 2 aromatic carbocycles. The van der Waals surface area contributed by atoms with Crippen molar-refractivity contribution in [2.24, 2.45) is 5.14 Å². The van der Waals surface area contributed by atoms with E-state index in [9.17, 15) is 13.2 Å². The van der Waals surface area contributed by atoms with Crippen LogP contribution in [0.5, 0.6) is 0 Å². The number of rotatable bonds is 4. The maximum Gasteiger partial charge on any atom is 0.256 e. The Morgan fingerprint density at radius 2 is 1.77 bits per heavy atom. The minimum absolute atomic E-state index is 0.241. The lowest BCUT2D eigenvalue weighted by molar-refractivity contribution is 0.102. The molecule has 6 nitrogen and oxygen atoms in total. The summed E-state index contributed by atoms with van der Waals surface area (Å²) in [7, 11) is -3.58. The number of nitrogens with two attached hydrogens (primary N) is 1. The number of hydrogen-bond donors (Lipinski definition) is 2. The fourth-order valence-electron chi connectivity index (χ4n) is 2.77. The van der Waals surface area contributed by atoms with Gasteiger partial charge >= 0.3 is 0 Å². The van der Waals surface area contributed by atoms with Crippen LogP contribution < -0.4 is 10.5 Å². The van der Waals surface area contributed by atoms with Crippen LogP contribution in [0.4, 0.5) is 5.69 Å². The van der Waals surface area contributed by atoms with E-state index in [-0.39, 0.29) is 11.7 Å². The molecule has 0 atom stereocenters. The van der Waals surface area contributed by atoms with Gasteiger partial charge in [0.1, 0.15) is 0 Å². The van der Waals surface area contributed by atoms with E-state index in [1.54, 1.807) is 30.3 Å². The largest absolute Gasteiger partial charge is 0.322 e. The number of pyridine rings is 1. The smallest absolute Gasteiger partial charge is 0.256 e. The highest BCUT2D eigenvalue weighted by atomic mass is 32.2. The molecule has 0 unspecified atom stereocenters. The van der Waals surface area contributed by atoms with Crippen LogP contribution in [-0.4, -0.2) is 19.3 Å². The van der Waals surface area contributed by atoms with E-state index in [1.165, 1.54) is 0 Å². The number of anilines is 1. The summed E-state index contributed by atoms with van der Waals surface area (Å²) in [5, 5.41) is 8.67. The first kappa shape index (κ1) is 18.0. The summed E-state index contributed by atoms with van der Waals surface area (Å²) in [4.78, 5) is 17.2. The van der Waals surface area contributed by atoms with Gasteiger partial charge in [0.2, 0.25) is 10.0 Å². The number of carbonyl (C=O) groups is 1. The number of carbonyl (C=O) groups excluding carboxylic acids is 1. The highest BCUT2D eigenvalue weighted by Crippen LogP contribution is 2.21. The quantitative estimate of drug-likeness (QED) is 0.738. The molecule has 3 N–H and O–H groups in total. The Morgan fingerprint density at radius 1 is 1.08 bits per heavy atom. The number of amides is 1. The van der Waals surface area contributed by atoms with Crippen LogP contribution in [0.15, 0.2) is 48.5 Å². The standard InChI is InChI=1S/C19H19N3O3S/c1-12-3-8-18-16(9-12)17(10-13(2)21-18)19(23)22-15-6-4-14(5-7-15)11-26(20,24)25/h3-10H,11H2,1-2H3,(H,22,23)(H2,20,24,25). The maximum atomic E-state index is 12.8. The van der Waals surface area contributed by atoms with Crippen molar-refractivity contribution < 1.29 is 13.2 Å². The Bertz CT molecular complexity index is 1090. The molecule has 1 amide bonds. The van der Waals surface area contributed by atoms with Gasteiger partial charge in [0, 0.05) is 16.8 Å². The van der Waals surface area contributed by atoms with Crippen molar-refractivity contribution in [3.8, 4) is 0 Å². The van der Waals surface area contributed by atoms with Gasteiger partial charge in [-0.1, -0.05) is 23.8 Å². The van der Waals surface area contributed by atoms with Gasteiger partial charge in [-0.2, -0.15) is 0 Å². The van der Waals surface area contributed by atoms with Crippen molar-refractivity contribution in [3.63, 3.8) is 0 Å². The Labute approximate surface area is 152 Å². The normalized spacial score (nSPS) is 11.5. The fourth-order valence-corrected chi connectivity index (χ4v) is 3.43. The molecular formula is C19H19N3O3S. The van der Waals surface area contributed by atoms with Gasteiger partial charge in [0.15, 0.2) is 0 Å². The number of fused-ring (bicyclic) bond motifs is 1. The van der Waals surface area contributed by atoms with Crippen LogP contribution in [0, 0.1) is 13.8 Å². The Morgan fingerprint density at radius 3 is 2.42 bits per heavy atom. The molecule has 0 saturated carbocycles. The van der Waals surface area contributed by atoms with Gasteiger partial charge in [0.05, 0.1) is 16.8 Å². The third kappa shape index (κ3) is 4.25. The number of aryl methyl sites for hydroxylation is 2. The van der Waals surface area contributed by atoms with Gasteiger partial charge in [-0.15, -0.1) is 0 Å². The molecule has 0 aliphatic rings. The molecule has 0 aliphatic heterocycles. The summed E-state index contributed by atoms with van der Waals surface area (Å²) >= 11 is 0. The summed E-state index contributed by atoms with van der Waals surface area (Å²) in [5.41, 5.74) is 4.25. The topological polar surface area (TPSA) is 102 Å². The molecule has 0 saturated heterocycles. The third-order valence-corrected chi connectivity index (χ3v) is 4.65. The first-order valence-electron chi connectivity index (χ1n) is 8.00. The number of nitrogens with one attached hydrogen (secondary N) is 1. The van der Waals surface area contributed by atoms with Crippen LogP contribution in [0.1, 0.15) is 27.2 Å². The molecule has 3 rings (SSSR count). The van der Waals surface area contributed by atoms with E-state index >= 15 is 0 Å². The van der Waals surface area contributed by atoms with E-state index < -0.39 is 10.0 Å². The molecule has 26 heavy (non-hydrogen) atoms. The number of aromatic nitrogens is 1. The second-order valence-electron chi connectivity index (χ2n) is 6.29. The average molecular weight is 369 g/mol. The molecule has 0 spiro atoms. The van der Waals surface area contributed by atoms with Gasteiger partial charge in [-0.05, 0) is 49.7 Å². The fraction of sp³-hybridized carbons (Fsp3) is 0.158. The number of sulfonamides is 1. The molecule has 134 valence electrons. The molecule has 0 bridgehead atoms. The lowest BCUT2D eigenvalue weighted by Gasteiger charge is -2.10. The van der Waals surface area contributed by atoms with Gasteiger partial charge < -0.3 is 5.32 Å². The van der Waals surface area contributed by atoms with Crippen LogP contribution in [0.2, 0.25) is 0 Å². The second-order valence-corrected chi connectivity index (χ2v) is 7.90. The predicted molar refractivity (Wildman–Crippen MR) is 102 cm³/mol. The number of hydrogen-bond acceptors (Lipinski definition) is 4. The molecule has 1 heterocycles. The first-order valence-corrected chi connectivity index (χ1v) is 9.71. The lowest BCUT2D eigenvalue weighted by Crippen LogP contribution is -2.15. The zero-order valence-corrected chi connectivity index (χ0v) is 15.3. The minimum atomic E-state index is -3.58. The number of nitrogens with zero attached hydrogens (tertiary/aromatic N) is 1. The lowest BCUT2D eigenvalue weighted by atomic mass is 10.0. The Hall–Kier alpha value is -2.77. The third-order valence-electron chi connectivity index (χ3n) is 3.92. The predicted octanol–water partition coefficient (Wildman–Crippen LogP) is 2.89. The minimum Gasteiger partial charge on any atom is -0.322 e. The molecular weight excluding hydrogens is 350 g/mol. The van der Waals surface area contributed by atoms with Gasteiger partial charge in [-0.25, -0.2) is 13.6 Å². The van der Waals surface area contributed by atoms with Crippen LogP contribution in [0.3, 0.4) is 0 Å². The molecule has 0 fully saturated rings. The van der Waals surface area contributed by atoms with Crippen molar-refractivity contribution in [1.29, 1.82) is 0 Å². The Kier molecular flexibility index (Phi) is 4.76. The van der Waals surface area contributed by atoms with Gasteiger partial charge in [0.25, 0.3) is 5.91 Å². The second kappa shape index (κ2) is 6.86. The molecule has 1 aromatic heterocycles. The molecule has 3 aromatic rings. The van der Waals surface area contributed by atoms with Crippen LogP contribution in [-0.2, 0) is 15.8 Å². The van der Waals surface area contributed by atoms with E-state index in [4.69, 9.17) is 5.14 Å². The highest BCUT2D eigenvalue weighted by Gasteiger charge is 2.13.